The van der Waals surface area contributed by atoms with Crippen LogP contribution >= 0.6 is 0 Å². The number of likely N-dealkylation sites (N-methyl/N-ethyl adjacent to an activating group) is 1. The van der Waals surface area contributed by atoms with E-state index < -0.39 is 0 Å². The van der Waals surface area contributed by atoms with Crippen molar-refractivity contribution in [1.29, 1.82) is 0 Å². The van der Waals surface area contributed by atoms with Gasteiger partial charge in [-0.1, -0.05) is 6.08 Å². The number of amides is 1. The lowest BCUT2D eigenvalue weighted by atomic mass is 9.69. The van der Waals surface area contributed by atoms with Gasteiger partial charge in [-0.25, -0.2) is 4.98 Å². The maximum Gasteiger partial charge on any atom is 0.228 e. The van der Waals surface area contributed by atoms with E-state index in [9.17, 15) is 4.79 Å². The number of nitrogens with zero attached hydrogens (tertiary/aromatic N) is 2. The van der Waals surface area contributed by atoms with Crippen LogP contribution in [-0.2, 0) is 4.79 Å². The van der Waals surface area contributed by atoms with Crippen LogP contribution in [0.1, 0.15) is 44.1 Å². The molecule has 2 fully saturated rings. The summed E-state index contributed by atoms with van der Waals surface area (Å²) in [6, 6.07) is 4.16. The van der Waals surface area contributed by atoms with Crippen LogP contribution < -0.4 is 5.32 Å². The first kappa shape index (κ1) is 15.1. The first-order valence-electron chi connectivity index (χ1n) is 9.34. The van der Waals surface area contributed by atoms with Crippen LogP contribution in [-0.4, -0.2) is 39.9 Å². The number of carbonyl (C=O) groups excluding carboxylic acids is 1. The predicted octanol–water partition coefficient (Wildman–Crippen LogP) is 3.55. The summed E-state index contributed by atoms with van der Waals surface area (Å²) >= 11 is 0. The maximum atomic E-state index is 12.2. The second-order valence-corrected chi connectivity index (χ2v) is 7.92. The average molecular weight is 336 g/mol. The summed E-state index contributed by atoms with van der Waals surface area (Å²) in [6.45, 7) is 0.993. The molecule has 2 aliphatic carbocycles. The number of aromatic nitrogens is 2. The Bertz CT molecular complexity index is 873. The summed E-state index contributed by atoms with van der Waals surface area (Å²) in [7, 11) is 2.24. The topological polar surface area (TPSA) is 61.0 Å². The van der Waals surface area contributed by atoms with Crippen molar-refractivity contribution >= 4 is 28.3 Å². The highest BCUT2D eigenvalue weighted by Gasteiger charge is 2.43. The number of pyridine rings is 1. The van der Waals surface area contributed by atoms with E-state index in [2.05, 4.69) is 45.4 Å². The lowest BCUT2D eigenvalue weighted by Crippen LogP contribution is -2.53. The van der Waals surface area contributed by atoms with Gasteiger partial charge < -0.3 is 10.3 Å². The Morgan fingerprint density at radius 3 is 2.96 bits per heavy atom. The van der Waals surface area contributed by atoms with Gasteiger partial charge in [0.1, 0.15) is 11.5 Å². The summed E-state index contributed by atoms with van der Waals surface area (Å²) in [4.78, 5) is 22.5. The highest BCUT2D eigenvalue weighted by atomic mass is 16.2. The van der Waals surface area contributed by atoms with E-state index in [0.29, 0.717) is 11.4 Å². The monoisotopic (exact) mass is 336 g/mol. The lowest BCUT2D eigenvalue weighted by Gasteiger charge is -2.51. The van der Waals surface area contributed by atoms with Crippen molar-refractivity contribution in [1.82, 2.24) is 14.9 Å². The summed E-state index contributed by atoms with van der Waals surface area (Å²) in [5, 5.41) is 4.16. The van der Waals surface area contributed by atoms with E-state index in [0.717, 1.165) is 36.8 Å². The number of hydrogen-bond acceptors (Lipinski definition) is 3. The average Bonchev–Trinajstić information content (AvgIpc) is 3.32. The molecular weight excluding hydrogens is 312 g/mol. The van der Waals surface area contributed by atoms with E-state index in [-0.39, 0.29) is 11.8 Å². The molecule has 2 saturated carbocycles. The van der Waals surface area contributed by atoms with Crippen LogP contribution in [0.25, 0.3) is 16.6 Å². The number of nitrogens with one attached hydrogen (secondary N) is 2. The van der Waals surface area contributed by atoms with Crippen LogP contribution in [0.4, 0.5) is 5.82 Å². The second-order valence-electron chi connectivity index (χ2n) is 7.92. The third-order valence-corrected chi connectivity index (χ3v) is 6.30. The minimum absolute atomic E-state index is 0.108. The summed E-state index contributed by atoms with van der Waals surface area (Å²) < 4.78 is 0. The number of H-pyrrole nitrogens is 1. The molecular formula is C20H24N4O. The number of fused-ring (bicyclic) bond motifs is 1. The van der Waals surface area contributed by atoms with Gasteiger partial charge in [0.25, 0.3) is 0 Å². The molecule has 3 aliphatic rings. The van der Waals surface area contributed by atoms with Crippen LogP contribution in [0.5, 0.6) is 0 Å². The molecule has 0 bridgehead atoms. The van der Waals surface area contributed by atoms with Gasteiger partial charge >= 0.3 is 0 Å². The number of carbonyl (C=O) groups is 1. The highest BCUT2D eigenvalue weighted by molar-refractivity contribution is 5.97. The van der Waals surface area contributed by atoms with Crippen molar-refractivity contribution < 1.29 is 4.79 Å². The van der Waals surface area contributed by atoms with Crippen LogP contribution in [0, 0.1) is 5.92 Å². The van der Waals surface area contributed by atoms with Crippen molar-refractivity contribution in [2.45, 2.75) is 44.1 Å². The summed E-state index contributed by atoms with van der Waals surface area (Å²) in [5.41, 5.74) is 3.81. The van der Waals surface area contributed by atoms with Crippen LogP contribution in [0.3, 0.4) is 0 Å². The van der Waals surface area contributed by atoms with Crippen molar-refractivity contribution in [2.24, 2.45) is 5.92 Å². The van der Waals surface area contributed by atoms with Gasteiger partial charge in [-0.3, -0.25) is 9.69 Å². The maximum absolute atomic E-state index is 12.2. The summed E-state index contributed by atoms with van der Waals surface area (Å²) in [5.74, 6) is 0.965. The SMILES string of the molecule is CN1CC=C(c2cc(NC(=O)C3CC3)nc3[nH]ccc23)CC12CCC2. The summed E-state index contributed by atoms with van der Waals surface area (Å²) in [6.07, 6.45) is 11.3. The molecule has 5 rings (SSSR count). The Labute approximate surface area is 147 Å². The molecule has 0 atom stereocenters. The quantitative estimate of drug-likeness (QED) is 0.901. The first-order chi connectivity index (χ1) is 12.1. The third kappa shape index (κ3) is 2.49. The first-order valence-corrected chi connectivity index (χ1v) is 9.34. The molecule has 5 nitrogen and oxygen atoms in total. The zero-order chi connectivity index (χ0) is 17.0. The molecule has 2 aromatic rings. The molecule has 25 heavy (non-hydrogen) atoms. The zero-order valence-corrected chi connectivity index (χ0v) is 14.6. The van der Waals surface area contributed by atoms with Crippen LogP contribution in [0.15, 0.2) is 24.4 Å². The standard InChI is InChI=1S/C20H24N4O/c1-24-10-6-14(12-20(24)7-2-8-20)16-11-17(23-19(25)13-3-4-13)22-18-15(16)5-9-21-18/h5-6,9,11,13H,2-4,7-8,10,12H2,1H3,(H2,21,22,23,25). The van der Waals surface area contributed by atoms with E-state index in [1.807, 2.05) is 6.20 Å². The normalized spacial score (nSPS) is 22.7. The minimum atomic E-state index is 0.108. The van der Waals surface area contributed by atoms with Gasteiger partial charge in [-0.05, 0) is 68.8 Å². The fourth-order valence-corrected chi connectivity index (χ4v) is 4.29. The number of hydrogen-bond donors (Lipinski definition) is 2. The molecule has 1 aliphatic heterocycles. The van der Waals surface area contributed by atoms with E-state index in [1.54, 1.807) is 0 Å². The molecule has 130 valence electrons. The molecule has 5 heteroatoms. The Kier molecular flexibility index (Phi) is 3.29. The molecule has 0 aromatic carbocycles. The highest BCUT2D eigenvalue weighted by Crippen LogP contribution is 2.47. The Balaban J connectivity index is 1.53. The minimum Gasteiger partial charge on any atom is -0.346 e. The van der Waals surface area contributed by atoms with E-state index in [4.69, 9.17) is 0 Å². The molecule has 2 aromatic heterocycles. The van der Waals surface area contributed by atoms with Crippen molar-refractivity contribution in [3.8, 4) is 0 Å². The lowest BCUT2D eigenvalue weighted by molar-refractivity contribution is -0.117. The van der Waals surface area contributed by atoms with Gasteiger partial charge in [0.15, 0.2) is 0 Å². The number of rotatable bonds is 3. The van der Waals surface area contributed by atoms with Gasteiger partial charge in [-0.2, -0.15) is 0 Å². The molecule has 3 heterocycles. The van der Waals surface area contributed by atoms with Gasteiger partial charge in [0, 0.05) is 29.6 Å². The Morgan fingerprint density at radius 2 is 2.24 bits per heavy atom. The molecule has 2 N–H and O–H groups in total. The Hall–Kier alpha value is -2.14. The molecule has 1 spiro atoms. The van der Waals surface area contributed by atoms with Gasteiger partial charge in [-0.15, -0.1) is 0 Å². The predicted molar refractivity (Wildman–Crippen MR) is 99.3 cm³/mol. The van der Waals surface area contributed by atoms with E-state index >= 15 is 0 Å². The molecule has 0 radical (unpaired) electrons. The zero-order valence-electron chi connectivity index (χ0n) is 14.6. The smallest absolute Gasteiger partial charge is 0.228 e. The van der Waals surface area contributed by atoms with Crippen molar-refractivity contribution in [3.05, 3.63) is 30.0 Å². The van der Waals surface area contributed by atoms with Gasteiger partial charge in [0.2, 0.25) is 5.91 Å². The second kappa shape index (κ2) is 5.43. The molecule has 0 saturated heterocycles. The fourth-order valence-electron chi connectivity index (χ4n) is 4.29. The number of aromatic amines is 1. The van der Waals surface area contributed by atoms with Gasteiger partial charge in [0.05, 0.1) is 0 Å². The van der Waals surface area contributed by atoms with E-state index in [1.165, 1.54) is 30.4 Å². The molecule has 0 unspecified atom stereocenters. The van der Waals surface area contributed by atoms with Crippen molar-refractivity contribution in [3.63, 3.8) is 0 Å². The van der Waals surface area contributed by atoms with Crippen molar-refractivity contribution in [2.75, 3.05) is 18.9 Å². The fraction of sp³-hybridized carbons (Fsp3) is 0.500. The molecule has 1 amide bonds. The Morgan fingerprint density at radius 1 is 1.40 bits per heavy atom. The third-order valence-electron chi connectivity index (χ3n) is 6.30. The van der Waals surface area contributed by atoms with Crippen LogP contribution in [0.2, 0.25) is 0 Å². The number of anilines is 1. The largest absolute Gasteiger partial charge is 0.346 e.